The van der Waals surface area contributed by atoms with Crippen molar-refractivity contribution in [3.8, 4) is 11.4 Å². The molecule has 1 amide bonds. The van der Waals surface area contributed by atoms with E-state index in [1.165, 1.54) is 0 Å². The van der Waals surface area contributed by atoms with Crippen LogP contribution < -0.4 is 10.3 Å². The third kappa shape index (κ3) is 4.98. The van der Waals surface area contributed by atoms with Gasteiger partial charge in [-0.15, -0.1) is 0 Å². The van der Waals surface area contributed by atoms with E-state index in [2.05, 4.69) is 34.7 Å². The zero-order valence-electron chi connectivity index (χ0n) is 21.8. The number of rotatable bonds is 6. The highest BCUT2D eigenvalue weighted by molar-refractivity contribution is 9.10. The molecular formula is C30H31BrN4O3. The van der Waals surface area contributed by atoms with Gasteiger partial charge in [-0.3, -0.25) is 19.1 Å². The van der Waals surface area contributed by atoms with Gasteiger partial charge in [0.1, 0.15) is 11.6 Å². The molecule has 3 aromatic carbocycles. The zero-order chi connectivity index (χ0) is 26.8. The number of benzene rings is 3. The van der Waals surface area contributed by atoms with Crippen molar-refractivity contribution < 1.29 is 9.53 Å². The maximum atomic E-state index is 13.8. The van der Waals surface area contributed by atoms with Crippen molar-refractivity contribution in [3.63, 3.8) is 0 Å². The Labute approximate surface area is 230 Å². The van der Waals surface area contributed by atoms with Crippen molar-refractivity contribution in [3.05, 3.63) is 99.0 Å². The van der Waals surface area contributed by atoms with Crippen LogP contribution in [0.2, 0.25) is 0 Å². The summed E-state index contributed by atoms with van der Waals surface area (Å²) < 4.78 is 8.01. The Bertz CT molecular complexity index is 1520. The molecule has 1 fully saturated rings. The molecule has 5 rings (SSSR count). The van der Waals surface area contributed by atoms with Gasteiger partial charge in [-0.2, -0.15) is 0 Å². The van der Waals surface area contributed by atoms with Gasteiger partial charge in [-0.1, -0.05) is 41.1 Å². The van der Waals surface area contributed by atoms with E-state index in [1.807, 2.05) is 71.6 Å². The van der Waals surface area contributed by atoms with Crippen LogP contribution in [0.3, 0.4) is 0 Å². The van der Waals surface area contributed by atoms with Crippen LogP contribution in [0.4, 0.5) is 0 Å². The number of fused-ring (bicyclic) bond motifs is 1. The van der Waals surface area contributed by atoms with Gasteiger partial charge in [0, 0.05) is 35.7 Å². The summed E-state index contributed by atoms with van der Waals surface area (Å²) in [5.74, 6) is 1.39. The maximum absolute atomic E-state index is 13.8. The molecule has 8 heteroatoms. The Hall–Kier alpha value is -3.49. The summed E-state index contributed by atoms with van der Waals surface area (Å²) in [7, 11) is 1.60. The van der Waals surface area contributed by atoms with Gasteiger partial charge < -0.3 is 9.64 Å². The largest absolute Gasteiger partial charge is 0.497 e. The lowest BCUT2D eigenvalue weighted by molar-refractivity contribution is 0.0364. The van der Waals surface area contributed by atoms with E-state index in [9.17, 15) is 9.59 Å². The van der Waals surface area contributed by atoms with E-state index < -0.39 is 0 Å². The van der Waals surface area contributed by atoms with E-state index in [-0.39, 0.29) is 23.6 Å². The number of nitrogens with zero attached hydrogens (tertiary/aromatic N) is 4. The highest BCUT2D eigenvalue weighted by atomic mass is 79.9. The molecule has 38 heavy (non-hydrogen) atoms. The van der Waals surface area contributed by atoms with Crippen LogP contribution in [-0.4, -0.2) is 58.0 Å². The molecule has 196 valence electrons. The second-order valence-corrected chi connectivity index (χ2v) is 10.5. The average molecular weight is 576 g/mol. The van der Waals surface area contributed by atoms with Crippen molar-refractivity contribution in [1.82, 2.24) is 19.4 Å². The molecule has 0 spiro atoms. The monoisotopic (exact) mass is 574 g/mol. The number of hydrogen-bond acceptors (Lipinski definition) is 5. The summed E-state index contributed by atoms with van der Waals surface area (Å²) in [5.41, 5.74) is 2.02. The lowest BCUT2D eigenvalue weighted by Crippen LogP contribution is -2.55. The van der Waals surface area contributed by atoms with Crippen molar-refractivity contribution in [1.29, 1.82) is 0 Å². The van der Waals surface area contributed by atoms with Gasteiger partial charge in [0.25, 0.3) is 11.5 Å². The number of ether oxygens (including phenoxy) is 1. The average Bonchev–Trinajstić information content (AvgIpc) is 2.94. The highest BCUT2D eigenvalue weighted by Gasteiger charge is 2.33. The van der Waals surface area contributed by atoms with E-state index in [4.69, 9.17) is 9.72 Å². The minimum Gasteiger partial charge on any atom is -0.497 e. The minimum atomic E-state index is -0.0903. The van der Waals surface area contributed by atoms with E-state index in [0.29, 0.717) is 41.9 Å². The molecule has 1 aliphatic heterocycles. The molecule has 0 aliphatic carbocycles. The second kappa shape index (κ2) is 11.1. The molecule has 2 unspecified atom stereocenters. The van der Waals surface area contributed by atoms with Gasteiger partial charge in [0.2, 0.25) is 0 Å². The van der Waals surface area contributed by atoms with Gasteiger partial charge in [-0.25, -0.2) is 4.98 Å². The molecule has 7 nitrogen and oxygen atoms in total. The number of amides is 1. The molecule has 2 atom stereocenters. The van der Waals surface area contributed by atoms with Crippen LogP contribution in [0.1, 0.15) is 42.5 Å². The summed E-state index contributed by atoms with van der Waals surface area (Å²) in [4.78, 5) is 36.4. The Morgan fingerprint density at radius 3 is 2.55 bits per heavy atom. The predicted molar refractivity (Wildman–Crippen MR) is 153 cm³/mol. The molecule has 2 heterocycles. The van der Waals surface area contributed by atoms with Crippen LogP contribution in [-0.2, 0) is 0 Å². The summed E-state index contributed by atoms with van der Waals surface area (Å²) in [6.07, 6.45) is 0.776. The normalized spacial score (nSPS) is 16.9. The number of carbonyl (C=O) groups excluding carboxylic acids is 1. The quantitative estimate of drug-likeness (QED) is 0.306. The number of methoxy groups -OCH3 is 1. The molecule has 1 aromatic heterocycles. The summed E-state index contributed by atoms with van der Waals surface area (Å²) >= 11 is 3.50. The Morgan fingerprint density at radius 2 is 1.84 bits per heavy atom. The summed E-state index contributed by atoms with van der Waals surface area (Å²) in [5, 5.41) is 0.594. The first-order chi connectivity index (χ1) is 18.4. The van der Waals surface area contributed by atoms with Crippen molar-refractivity contribution >= 4 is 32.7 Å². The van der Waals surface area contributed by atoms with Crippen LogP contribution >= 0.6 is 15.9 Å². The third-order valence-corrected chi connectivity index (χ3v) is 7.78. The number of para-hydroxylation sites is 1. The molecule has 1 aliphatic rings. The fourth-order valence-corrected chi connectivity index (χ4v) is 5.57. The van der Waals surface area contributed by atoms with Crippen molar-refractivity contribution in [2.45, 2.75) is 32.4 Å². The van der Waals surface area contributed by atoms with Gasteiger partial charge in [-0.05, 0) is 67.9 Å². The lowest BCUT2D eigenvalue weighted by atomic mass is 10.1. The Kier molecular flexibility index (Phi) is 7.63. The van der Waals surface area contributed by atoms with E-state index in [0.717, 1.165) is 22.4 Å². The molecular weight excluding hydrogens is 544 g/mol. The number of piperazine rings is 1. The maximum Gasteiger partial charge on any atom is 0.266 e. The van der Waals surface area contributed by atoms with Crippen molar-refractivity contribution in [2.24, 2.45) is 0 Å². The van der Waals surface area contributed by atoms with Crippen LogP contribution in [0.25, 0.3) is 16.6 Å². The molecule has 0 N–H and O–H groups in total. The van der Waals surface area contributed by atoms with Gasteiger partial charge >= 0.3 is 0 Å². The first-order valence-corrected chi connectivity index (χ1v) is 13.7. The van der Waals surface area contributed by atoms with Crippen molar-refractivity contribution in [2.75, 3.05) is 26.7 Å². The Balaban J connectivity index is 1.49. The fourth-order valence-electron chi connectivity index (χ4n) is 5.31. The molecule has 4 aromatic rings. The zero-order valence-corrected chi connectivity index (χ0v) is 23.4. The summed E-state index contributed by atoms with van der Waals surface area (Å²) in [6.45, 7) is 6.14. The SMILES string of the molecule is CCC(c1nc2ccccc2c(=O)n1-c1ccc(Br)cc1)N1CCN(C(=O)c2cccc(OC)c2)C(C)C1. The minimum absolute atomic E-state index is 0.000278. The number of carbonyl (C=O) groups is 1. The fraction of sp³-hybridized carbons (Fsp3) is 0.300. The van der Waals surface area contributed by atoms with E-state index >= 15 is 0 Å². The molecule has 0 saturated carbocycles. The van der Waals surface area contributed by atoms with Crippen LogP contribution in [0, 0.1) is 0 Å². The Morgan fingerprint density at radius 1 is 1.08 bits per heavy atom. The molecule has 0 bridgehead atoms. The van der Waals surface area contributed by atoms with Crippen LogP contribution in [0.15, 0.2) is 82.1 Å². The van der Waals surface area contributed by atoms with Crippen LogP contribution in [0.5, 0.6) is 5.75 Å². The molecule has 0 radical (unpaired) electrons. The first kappa shape index (κ1) is 26.1. The highest BCUT2D eigenvalue weighted by Crippen LogP contribution is 2.29. The number of aromatic nitrogens is 2. The number of halogens is 1. The predicted octanol–water partition coefficient (Wildman–Crippen LogP) is 5.45. The van der Waals surface area contributed by atoms with Gasteiger partial charge in [0.15, 0.2) is 0 Å². The smallest absolute Gasteiger partial charge is 0.266 e. The first-order valence-electron chi connectivity index (χ1n) is 12.9. The number of hydrogen-bond donors (Lipinski definition) is 0. The second-order valence-electron chi connectivity index (χ2n) is 9.60. The molecule has 1 saturated heterocycles. The lowest BCUT2D eigenvalue weighted by Gasteiger charge is -2.43. The van der Waals surface area contributed by atoms with Gasteiger partial charge in [0.05, 0.1) is 29.7 Å². The summed E-state index contributed by atoms with van der Waals surface area (Å²) in [6, 6.07) is 22.4. The topological polar surface area (TPSA) is 67.7 Å². The standard InChI is InChI=1S/C30H31BrN4O3/c1-4-27(33-16-17-34(20(2)19-33)29(36)21-8-7-9-24(18-21)38-3)28-32-26-11-6-5-10-25(26)30(37)35(28)23-14-12-22(31)13-15-23/h5-15,18,20,27H,4,16-17,19H2,1-3H3. The third-order valence-electron chi connectivity index (χ3n) is 7.25. The van der Waals surface area contributed by atoms with E-state index in [1.54, 1.807) is 17.7 Å².